The Kier molecular flexibility index (Phi) is 3.79. The van der Waals surface area contributed by atoms with E-state index in [0.29, 0.717) is 5.69 Å². The van der Waals surface area contributed by atoms with Crippen molar-refractivity contribution in [2.24, 2.45) is 0 Å². The number of anilines is 1. The second kappa shape index (κ2) is 4.70. The molecule has 0 saturated carbocycles. The van der Waals surface area contributed by atoms with Crippen molar-refractivity contribution in [3.05, 3.63) is 29.0 Å². The number of hydrogen-bond acceptors (Lipinski definition) is 1. The summed E-state index contributed by atoms with van der Waals surface area (Å²) in [7, 11) is 0. The molecule has 0 aliphatic heterocycles. The van der Waals surface area contributed by atoms with E-state index in [9.17, 15) is 17.6 Å². The van der Waals surface area contributed by atoms with Gasteiger partial charge in [0.05, 0.1) is 11.4 Å². The van der Waals surface area contributed by atoms with E-state index in [-0.39, 0.29) is 11.6 Å². The highest BCUT2D eigenvalue weighted by atomic mass is 35.5. The van der Waals surface area contributed by atoms with Crippen molar-refractivity contribution in [2.45, 2.75) is 12.6 Å². The van der Waals surface area contributed by atoms with E-state index in [1.54, 1.807) is 0 Å². The van der Waals surface area contributed by atoms with E-state index in [2.05, 4.69) is 5.32 Å². The van der Waals surface area contributed by atoms with E-state index in [1.165, 1.54) is 12.1 Å². The van der Waals surface area contributed by atoms with Crippen molar-refractivity contribution in [1.82, 2.24) is 0 Å². The molecule has 15 heavy (non-hydrogen) atoms. The van der Waals surface area contributed by atoms with Gasteiger partial charge in [0.2, 0.25) is 0 Å². The highest BCUT2D eigenvalue weighted by molar-refractivity contribution is 6.31. The first-order valence-electron chi connectivity index (χ1n) is 4.14. The average molecular weight is 242 g/mol. The molecule has 1 nitrogen and oxygen atoms in total. The number of halogens is 5. The number of nitrogens with one attached hydrogen (secondary N) is 1. The minimum atomic E-state index is -4.20. The van der Waals surface area contributed by atoms with Crippen LogP contribution in [0, 0.1) is 5.82 Å². The Bertz CT molecular complexity index is 337. The van der Waals surface area contributed by atoms with Crippen molar-refractivity contribution in [1.29, 1.82) is 0 Å². The maximum atomic E-state index is 12.7. The van der Waals surface area contributed by atoms with Gasteiger partial charge in [-0.2, -0.15) is 13.2 Å². The quantitative estimate of drug-likeness (QED) is 0.793. The summed E-state index contributed by atoms with van der Waals surface area (Å²) < 4.78 is 48.0. The minimum Gasteiger partial charge on any atom is -0.385 e. The molecule has 0 aliphatic carbocycles. The van der Waals surface area contributed by atoms with Crippen molar-refractivity contribution < 1.29 is 17.6 Å². The number of rotatable bonds is 3. The van der Waals surface area contributed by atoms with Gasteiger partial charge < -0.3 is 5.32 Å². The van der Waals surface area contributed by atoms with Gasteiger partial charge in [-0.1, -0.05) is 11.6 Å². The molecule has 1 aromatic carbocycles. The zero-order valence-corrected chi connectivity index (χ0v) is 8.29. The zero-order valence-electron chi connectivity index (χ0n) is 7.54. The van der Waals surface area contributed by atoms with Crippen LogP contribution in [0.15, 0.2) is 18.2 Å². The molecule has 1 rings (SSSR count). The first kappa shape index (κ1) is 12.1. The Morgan fingerprint density at radius 1 is 1.27 bits per heavy atom. The molecule has 0 aromatic heterocycles. The summed E-state index contributed by atoms with van der Waals surface area (Å²) in [6.45, 7) is -0.258. The van der Waals surface area contributed by atoms with Gasteiger partial charge in [0.1, 0.15) is 5.82 Å². The molecule has 0 unspecified atom stereocenters. The van der Waals surface area contributed by atoms with Gasteiger partial charge in [0.25, 0.3) is 0 Å². The minimum absolute atomic E-state index is 0.119. The Morgan fingerprint density at radius 3 is 2.47 bits per heavy atom. The Labute approximate surface area is 89.0 Å². The fourth-order valence-corrected chi connectivity index (χ4v) is 1.14. The smallest absolute Gasteiger partial charge is 0.385 e. The van der Waals surface area contributed by atoms with Crippen LogP contribution in [-0.2, 0) is 0 Å². The average Bonchev–Trinajstić information content (AvgIpc) is 2.09. The fraction of sp³-hybridized carbons (Fsp3) is 0.333. The van der Waals surface area contributed by atoms with Crippen LogP contribution in [0.2, 0.25) is 5.02 Å². The van der Waals surface area contributed by atoms with Gasteiger partial charge in [-0.15, -0.1) is 0 Å². The summed E-state index contributed by atoms with van der Waals surface area (Å²) in [5.74, 6) is -0.599. The summed E-state index contributed by atoms with van der Waals surface area (Å²) in [6.07, 6.45) is -5.14. The predicted octanol–water partition coefficient (Wildman–Crippen LogP) is 3.84. The Balaban J connectivity index is 2.48. The molecule has 1 aromatic rings. The highest BCUT2D eigenvalue weighted by Gasteiger charge is 2.26. The molecule has 0 heterocycles. The fourth-order valence-electron chi connectivity index (χ4n) is 0.955. The van der Waals surface area contributed by atoms with Crippen molar-refractivity contribution in [3.63, 3.8) is 0 Å². The second-order valence-electron chi connectivity index (χ2n) is 2.92. The van der Waals surface area contributed by atoms with Gasteiger partial charge in [-0.3, -0.25) is 0 Å². The van der Waals surface area contributed by atoms with Crippen LogP contribution in [0.5, 0.6) is 0 Å². The van der Waals surface area contributed by atoms with Crippen molar-refractivity contribution >= 4 is 17.3 Å². The van der Waals surface area contributed by atoms with E-state index >= 15 is 0 Å². The van der Waals surface area contributed by atoms with Crippen molar-refractivity contribution in [3.8, 4) is 0 Å². The Morgan fingerprint density at radius 2 is 1.93 bits per heavy atom. The molecule has 0 aliphatic rings. The molecule has 0 saturated heterocycles. The van der Waals surface area contributed by atoms with Crippen LogP contribution in [-0.4, -0.2) is 12.7 Å². The normalized spacial score (nSPS) is 11.5. The largest absolute Gasteiger partial charge is 0.390 e. The number of alkyl halides is 3. The zero-order chi connectivity index (χ0) is 11.5. The summed E-state index contributed by atoms with van der Waals surface area (Å²) >= 11 is 5.45. The highest BCUT2D eigenvalue weighted by Crippen LogP contribution is 2.21. The van der Waals surface area contributed by atoms with Gasteiger partial charge >= 0.3 is 6.18 Å². The van der Waals surface area contributed by atoms with Gasteiger partial charge in [0, 0.05) is 12.2 Å². The summed E-state index contributed by atoms with van der Waals surface area (Å²) in [5, 5.41) is 2.38. The molecule has 0 spiro atoms. The van der Waals surface area contributed by atoms with Crippen LogP contribution >= 0.6 is 11.6 Å². The molecule has 1 N–H and O–H groups in total. The Hall–Kier alpha value is -0.970. The topological polar surface area (TPSA) is 12.0 Å². The SMILES string of the molecule is Fc1ccc(NCCC(F)(F)F)cc1Cl. The lowest BCUT2D eigenvalue weighted by Crippen LogP contribution is -2.14. The lowest BCUT2D eigenvalue weighted by atomic mass is 10.3. The molecule has 0 atom stereocenters. The molecule has 0 amide bonds. The van der Waals surface area contributed by atoms with E-state index in [0.717, 1.165) is 6.07 Å². The van der Waals surface area contributed by atoms with E-state index in [1.807, 2.05) is 0 Å². The third-order valence-electron chi connectivity index (χ3n) is 1.66. The lowest BCUT2D eigenvalue weighted by molar-refractivity contribution is -0.131. The molecule has 6 heteroatoms. The summed E-state index contributed by atoms with van der Waals surface area (Å²) in [4.78, 5) is 0. The van der Waals surface area contributed by atoms with Crippen LogP contribution in [0.1, 0.15) is 6.42 Å². The molecular formula is C9H8ClF4N. The van der Waals surface area contributed by atoms with Gasteiger partial charge in [-0.05, 0) is 18.2 Å². The maximum Gasteiger partial charge on any atom is 0.390 e. The monoisotopic (exact) mass is 241 g/mol. The summed E-state index contributed by atoms with van der Waals surface area (Å²) in [6, 6.07) is 3.67. The van der Waals surface area contributed by atoms with E-state index in [4.69, 9.17) is 11.6 Å². The van der Waals surface area contributed by atoms with Crippen LogP contribution < -0.4 is 5.32 Å². The standard InChI is InChI=1S/C9H8ClF4N/c10-7-5-6(1-2-8(7)11)15-4-3-9(12,13)14/h1-2,5,15H,3-4H2. The number of hydrogen-bond donors (Lipinski definition) is 1. The van der Waals surface area contributed by atoms with Crippen LogP contribution in [0.3, 0.4) is 0 Å². The van der Waals surface area contributed by atoms with Gasteiger partial charge in [0.15, 0.2) is 0 Å². The lowest BCUT2D eigenvalue weighted by Gasteiger charge is -2.09. The predicted molar refractivity (Wildman–Crippen MR) is 50.6 cm³/mol. The first-order valence-corrected chi connectivity index (χ1v) is 4.52. The number of benzene rings is 1. The maximum absolute atomic E-state index is 12.7. The third kappa shape index (κ3) is 4.38. The van der Waals surface area contributed by atoms with Crippen molar-refractivity contribution in [2.75, 3.05) is 11.9 Å². The van der Waals surface area contributed by atoms with E-state index < -0.39 is 18.4 Å². The molecule has 0 bridgehead atoms. The first-order chi connectivity index (χ1) is 6.88. The van der Waals surface area contributed by atoms with Gasteiger partial charge in [-0.25, -0.2) is 4.39 Å². The van der Waals surface area contributed by atoms with Crippen LogP contribution in [0.4, 0.5) is 23.2 Å². The summed E-state index contributed by atoms with van der Waals surface area (Å²) in [5.41, 5.74) is 0.366. The second-order valence-corrected chi connectivity index (χ2v) is 3.33. The molecule has 0 radical (unpaired) electrons. The molecule has 0 fully saturated rings. The third-order valence-corrected chi connectivity index (χ3v) is 1.95. The molecular weight excluding hydrogens is 234 g/mol. The molecule has 84 valence electrons. The van der Waals surface area contributed by atoms with Crippen LogP contribution in [0.25, 0.3) is 0 Å².